The summed E-state index contributed by atoms with van der Waals surface area (Å²) in [6.07, 6.45) is 0.756. The summed E-state index contributed by atoms with van der Waals surface area (Å²) in [6, 6.07) is 5.67. The van der Waals surface area contributed by atoms with E-state index < -0.39 is 0 Å². The van der Waals surface area contributed by atoms with Crippen molar-refractivity contribution in [3.05, 3.63) is 28.6 Å². The highest BCUT2D eigenvalue weighted by molar-refractivity contribution is 7.11. The van der Waals surface area contributed by atoms with Crippen LogP contribution in [0.1, 0.15) is 9.80 Å². The fourth-order valence-electron chi connectivity index (χ4n) is 1.68. The maximum absolute atomic E-state index is 10.6. The van der Waals surface area contributed by atoms with Crippen molar-refractivity contribution in [2.75, 3.05) is 13.2 Å². The van der Waals surface area contributed by atoms with E-state index in [0.29, 0.717) is 18.2 Å². The first-order valence-electron chi connectivity index (χ1n) is 5.17. The Morgan fingerprint density at radius 3 is 2.82 bits per heavy atom. The zero-order chi connectivity index (χ0) is 11.7. The molecule has 86 valence electrons. The van der Waals surface area contributed by atoms with Gasteiger partial charge in [0.1, 0.15) is 13.2 Å². The third-order valence-electron chi connectivity index (χ3n) is 2.46. The molecule has 2 aromatic rings. The molecule has 0 fully saturated rings. The van der Waals surface area contributed by atoms with Crippen molar-refractivity contribution < 1.29 is 14.3 Å². The van der Waals surface area contributed by atoms with Crippen LogP contribution in [0.2, 0.25) is 0 Å². The Morgan fingerprint density at radius 1 is 1.24 bits per heavy atom. The second-order valence-corrected chi connectivity index (χ2v) is 4.44. The fraction of sp³-hybridized carbons (Fsp3) is 0.167. The van der Waals surface area contributed by atoms with Gasteiger partial charge in [-0.1, -0.05) is 0 Å². The molecule has 5 heteroatoms. The number of carbonyl (C=O) groups is 1. The lowest BCUT2D eigenvalue weighted by Gasteiger charge is -2.18. The number of carbonyl (C=O) groups excluding carboxylic acids is 1. The van der Waals surface area contributed by atoms with Crippen molar-refractivity contribution in [3.8, 4) is 22.8 Å². The Balaban J connectivity index is 2.00. The van der Waals surface area contributed by atoms with E-state index in [4.69, 9.17) is 9.47 Å². The molecule has 0 amide bonds. The maximum atomic E-state index is 10.6. The highest BCUT2D eigenvalue weighted by atomic mass is 32.1. The Kier molecular flexibility index (Phi) is 2.53. The van der Waals surface area contributed by atoms with E-state index in [1.165, 1.54) is 11.3 Å². The van der Waals surface area contributed by atoms with Gasteiger partial charge < -0.3 is 9.47 Å². The van der Waals surface area contributed by atoms with Gasteiger partial charge >= 0.3 is 0 Å². The van der Waals surface area contributed by atoms with Crippen LogP contribution in [0.25, 0.3) is 11.3 Å². The number of hydrogen-bond donors (Lipinski definition) is 0. The number of aldehydes is 1. The van der Waals surface area contributed by atoms with Gasteiger partial charge in [0.05, 0.1) is 5.69 Å². The van der Waals surface area contributed by atoms with Gasteiger partial charge in [-0.05, 0) is 18.2 Å². The molecule has 0 aliphatic carbocycles. The quantitative estimate of drug-likeness (QED) is 0.764. The molecule has 1 aliphatic heterocycles. The molecule has 1 aromatic carbocycles. The van der Waals surface area contributed by atoms with Crippen LogP contribution < -0.4 is 9.47 Å². The van der Waals surface area contributed by atoms with E-state index >= 15 is 0 Å². The Morgan fingerprint density at radius 2 is 2.06 bits per heavy atom. The van der Waals surface area contributed by atoms with Crippen molar-refractivity contribution in [1.82, 2.24) is 4.98 Å². The monoisotopic (exact) mass is 247 g/mol. The van der Waals surface area contributed by atoms with Crippen LogP contribution >= 0.6 is 11.3 Å². The lowest BCUT2D eigenvalue weighted by molar-refractivity contribution is 0.112. The van der Waals surface area contributed by atoms with Crippen molar-refractivity contribution >= 4 is 17.6 Å². The predicted molar refractivity (Wildman–Crippen MR) is 63.9 cm³/mol. The first-order valence-corrected chi connectivity index (χ1v) is 6.05. The Labute approximate surface area is 102 Å². The smallest absolute Gasteiger partial charge is 0.178 e. The van der Waals surface area contributed by atoms with Crippen LogP contribution in [-0.4, -0.2) is 24.5 Å². The van der Waals surface area contributed by atoms with Gasteiger partial charge in [0, 0.05) is 10.9 Å². The topological polar surface area (TPSA) is 48.4 Å². The summed E-state index contributed by atoms with van der Waals surface area (Å²) in [6.45, 7) is 1.14. The third kappa shape index (κ3) is 1.89. The number of benzene rings is 1. The molecule has 0 atom stereocenters. The number of thiazole rings is 1. The van der Waals surface area contributed by atoms with Gasteiger partial charge in [-0.15, -0.1) is 11.3 Å². The minimum atomic E-state index is 0.481. The van der Waals surface area contributed by atoms with Crippen LogP contribution in [-0.2, 0) is 0 Å². The van der Waals surface area contributed by atoms with E-state index in [0.717, 1.165) is 29.0 Å². The number of nitrogens with zero attached hydrogens (tertiary/aromatic N) is 1. The summed E-state index contributed by atoms with van der Waals surface area (Å²) in [5.74, 6) is 1.49. The highest BCUT2D eigenvalue weighted by Gasteiger charge is 2.13. The molecule has 17 heavy (non-hydrogen) atoms. The van der Waals surface area contributed by atoms with Crippen molar-refractivity contribution in [2.45, 2.75) is 0 Å². The molecule has 2 heterocycles. The molecule has 1 aliphatic rings. The average molecular weight is 247 g/mol. The Hall–Kier alpha value is -1.88. The average Bonchev–Trinajstić information content (AvgIpc) is 2.87. The molecule has 0 saturated carbocycles. The second-order valence-electron chi connectivity index (χ2n) is 3.55. The van der Waals surface area contributed by atoms with Crippen molar-refractivity contribution in [1.29, 1.82) is 0 Å². The van der Waals surface area contributed by atoms with Crippen molar-refractivity contribution in [3.63, 3.8) is 0 Å². The number of hydrogen-bond acceptors (Lipinski definition) is 5. The summed E-state index contributed by atoms with van der Waals surface area (Å²) in [5.41, 5.74) is 1.72. The largest absolute Gasteiger partial charge is 0.486 e. The zero-order valence-electron chi connectivity index (χ0n) is 8.88. The molecule has 0 spiro atoms. The standard InChI is InChI=1S/C12H9NO3S/c14-6-12-13-9(7-17-12)8-1-2-10-11(5-8)16-4-3-15-10/h1-2,5-7H,3-4H2. The minimum Gasteiger partial charge on any atom is -0.486 e. The van der Waals surface area contributed by atoms with Gasteiger partial charge in [-0.3, -0.25) is 4.79 Å². The highest BCUT2D eigenvalue weighted by Crippen LogP contribution is 2.34. The SMILES string of the molecule is O=Cc1nc(-c2ccc3c(c2)OCCO3)cs1. The van der Waals surface area contributed by atoms with Crippen LogP contribution in [0.15, 0.2) is 23.6 Å². The summed E-state index contributed by atoms with van der Waals surface area (Å²) >= 11 is 1.33. The summed E-state index contributed by atoms with van der Waals surface area (Å²) < 4.78 is 10.9. The molecular formula is C12H9NO3S. The maximum Gasteiger partial charge on any atom is 0.178 e. The predicted octanol–water partition coefficient (Wildman–Crippen LogP) is 2.39. The lowest BCUT2D eigenvalue weighted by Crippen LogP contribution is -2.15. The van der Waals surface area contributed by atoms with E-state index in [2.05, 4.69) is 4.98 Å². The molecule has 4 nitrogen and oxygen atoms in total. The van der Waals surface area contributed by atoms with Gasteiger partial charge in [0.2, 0.25) is 0 Å². The summed E-state index contributed by atoms with van der Waals surface area (Å²) in [5, 5.41) is 2.34. The molecule has 0 unspecified atom stereocenters. The van der Waals surface area contributed by atoms with Crippen LogP contribution in [0, 0.1) is 0 Å². The zero-order valence-corrected chi connectivity index (χ0v) is 9.70. The first-order chi connectivity index (χ1) is 8.36. The van der Waals surface area contributed by atoms with Gasteiger partial charge in [-0.2, -0.15) is 0 Å². The van der Waals surface area contributed by atoms with Gasteiger partial charge in [0.25, 0.3) is 0 Å². The fourth-order valence-corrected chi connectivity index (χ4v) is 2.30. The molecule has 0 N–H and O–H groups in total. The van der Waals surface area contributed by atoms with Gasteiger partial charge in [0.15, 0.2) is 22.8 Å². The number of fused-ring (bicyclic) bond motifs is 1. The number of ether oxygens (including phenoxy) is 2. The lowest BCUT2D eigenvalue weighted by atomic mass is 10.1. The first kappa shape index (κ1) is 10.3. The molecular weight excluding hydrogens is 238 g/mol. The minimum absolute atomic E-state index is 0.481. The van der Waals surface area contributed by atoms with Crippen LogP contribution in [0.5, 0.6) is 11.5 Å². The molecule has 0 saturated heterocycles. The normalized spacial score (nSPS) is 13.4. The summed E-state index contributed by atoms with van der Waals surface area (Å²) in [4.78, 5) is 14.8. The molecule has 0 radical (unpaired) electrons. The Bertz CT molecular complexity index is 565. The van der Waals surface area contributed by atoms with Gasteiger partial charge in [-0.25, -0.2) is 4.98 Å². The molecule has 3 rings (SSSR count). The molecule has 0 bridgehead atoms. The van der Waals surface area contributed by atoms with E-state index in [-0.39, 0.29) is 0 Å². The summed E-state index contributed by atoms with van der Waals surface area (Å²) in [7, 11) is 0. The van der Waals surface area contributed by atoms with Crippen molar-refractivity contribution in [2.24, 2.45) is 0 Å². The molecule has 1 aromatic heterocycles. The van der Waals surface area contributed by atoms with Crippen LogP contribution in [0.4, 0.5) is 0 Å². The second kappa shape index (κ2) is 4.18. The van der Waals surface area contributed by atoms with E-state index in [1.807, 2.05) is 23.6 Å². The van der Waals surface area contributed by atoms with E-state index in [9.17, 15) is 4.79 Å². The number of aromatic nitrogens is 1. The number of rotatable bonds is 2. The van der Waals surface area contributed by atoms with E-state index in [1.54, 1.807) is 0 Å². The van der Waals surface area contributed by atoms with Crippen LogP contribution in [0.3, 0.4) is 0 Å². The third-order valence-corrected chi connectivity index (χ3v) is 3.23.